The lowest BCUT2D eigenvalue weighted by Crippen LogP contribution is -2.14. The summed E-state index contributed by atoms with van der Waals surface area (Å²) >= 11 is 0. The van der Waals surface area contributed by atoms with Crippen molar-refractivity contribution in [3.05, 3.63) is 35.4 Å². The molecular weight excluding hydrogens is 252 g/mol. The summed E-state index contributed by atoms with van der Waals surface area (Å²) in [7, 11) is 1.36. The number of benzene rings is 1. The standard InChI is InChI=1S/C13H16N2O2.ClH/c1-17-13(16)12(3-2-8-14)11-6-4-10(9-15)5-7-11;/h4-7,12H,2-3,9,15H2,1H3;1H. The first-order valence-electron chi connectivity index (χ1n) is 5.46. The van der Waals surface area contributed by atoms with Gasteiger partial charge in [0, 0.05) is 13.0 Å². The van der Waals surface area contributed by atoms with E-state index in [1.165, 1.54) is 7.11 Å². The number of rotatable bonds is 5. The number of halogens is 1. The van der Waals surface area contributed by atoms with E-state index < -0.39 is 0 Å². The summed E-state index contributed by atoms with van der Waals surface area (Å²) in [5.74, 6) is -0.674. The lowest BCUT2D eigenvalue weighted by atomic mass is 9.94. The minimum Gasteiger partial charge on any atom is -0.469 e. The number of nitrogens with zero attached hydrogens (tertiary/aromatic N) is 1. The van der Waals surface area contributed by atoms with Crippen molar-refractivity contribution in [1.82, 2.24) is 0 Å². The molecule has 1 atom stereocenters. The molecule has 1 unspecified atom stereocenters. The minimum absolute atomic E-state index is 0. The summed E-state index contributed by atoms with van der Waals surface area (Å²) in [6.07, 6.45) is 0.809. The predicted octanol–water partition coefficient (Wildman–Crippen LogP) is 2.13. The third-order valence-corrected chi connectivity index (χ3v) is 2.65. The SMILES string of the molecule is COC(=O)C(CCC#N)c1ccc(CN)cc1.Cl. The zero-order chi connectivity index (χ0) is 12.7. The number of ether oxygens (including phenoxy) is 1. The molecule has 0 aliphatic carbocycles. The summed E-state index contributed by atoms with van der Waals surface area (Å²) in [5.41, 5.74) is 7.38. The van der Waals surface area contributed by atoms with Crippen LogP contribution in [0.1, 0.15) is 29.9 Å². The maximum absolute atomic E-state index is 11.6. The number of hydrogen-bond acceptors (Lipinski definition) is 4. The second-order valence-electron chi connectivity index (χ2n) is 3.72. The van der Waals surface area contributed by atoms with Crippen molar-refractivity contribution in [3.63, 3.8) is 0 Å². The van der Waals surface area contributed by atoms with Crippen LogP contribution < -0.4 is 5.73 Å². The van der Waals surface area contributed by atoms with E-state index in [4.69, 9.17) is 15.7 Å². The molecule has 0 aliphatic heterocycles. The van der Waals surface area contributed by atoms with Gasteiger partial charge in [-0.05, 0) is 17.5 Å². The maximum Gasteiger partial charge on any atom is 0.313 e. The van der Waals surface area contributed by atoms with Gasteiger partial charge in [0.15, 0.2) is 0 Å². The quantitative estimate of drug-likeness (QED) is 0.830. The van der Waals surface area contributed by atoms with Crippen molar-refractivity contribution in [3.8, 4) is 6.07 Å². The molecule has 0 amide bonds. The van der Waals surface area contributed by atoms with Crippen LogP contribution in [-0.4, -0.2) is 13.1 Å². The molecule has 0 spiro atoms. The second kappa shape index (κ2) is 8.51. The van der Waals surface area contributed by atoms with Gasteiger partial charge in [0.2, 0.25) is 0 Å². The molecule has 0 heterocycles. The van der Waals surface area contributed by atoms with Crippen LogP contribution in [0.4, 0.5) is 0 Å². The Bertz CT molecular complexity index is 412. The average molecular weight is 269 g/mol. The fraction of sp³-hybridized carbons (Fsp3) is 0.385. The molecule has 0 bridgehead atoms. The molecule has 0 radical (unpaired) electrons. The van der Waals surface area contributed by atoms with E-state index in [-0.39, 0.29) is 24.3 Å². The molecule has 4 nitrogen and oxygen atoms in total. The summed E-state index contributed by atoms with van der Waals surface area (Å²) in [6.45, 7) is 0.474. The summed E-state index contributed by atoms with van der Waals surface area (Å²) < 4.78 is 4.75. The number of esters is 1. The Kier molecular flexibility index (Phi) is 7.77. The van der Waals surface area contributed by atoms with Gasteiger partial charge in [-0.25, -0.2) is 0 Å². The molecule has 18 heavy (non-hydrogen) atoms. The molecular formula is C13H17ClN2O2. The Hall–Kier alpha value is -1.57. The second-order valence-corrected chi connectivity index (χ2v) is 3.72. The van der Waals surface area contributed by atoms with Crippen LogP contribution in [0, 0.1) is 11.3 Å². The van der Waals surface area contributed by atoms with Crippen molar-refractivity contribution < 1.29 is 9.53 Å². The Morgan fingerprint density at radius 2 is 2.06 bits per heavy atom. The Morgan fingerprint density at radius 3 is 2.50 bits per heavy atom. The zero-order valence-corrected chi connectivity index (χ0v) is 11.1. The van der Waals surface area contributed by atoms with Gasteiger partial charge in [0.25, 0.3) is 0 Å². The zero-order valence-electron chi connectivity index (χ0n) is 10.3. The Labute approximate surface area is 113 Å². The van der Waals surface area contributed by atoms with Crippen molar-refractivity contribution in [1.29, 1.82) is 5.26 Å². The lowest BCUT2D eigenvalue weighted by molar-refractivity contribution is -0.142. The molecule has 1 aromatic carbocycles. The molecule has 0 saturated carbocycles. The van der Waals surface area contributed by atoms with E-state index >= 15 is 0 Å². The third kappa shape index (κ3) is 4.36. The summed E-state index contributed by atoms with van der Waals surface area (Å²) in [6, 6.07) is 9.54. The van der Waals surface area contributed by atoms with Gasteiger partial charge in [-0.3, -0.25) is 4.79 Å². The highest BCUT2D eigenvalue weighted by Crippen LogP contribution is 2.23. The van der Waals surface area contributed by atoms with Crippen molar-refractivity contribution in [2.45, 2.75) is 25.3 Å². The van der Waals surface area contributed by atoms with Gasteiger partial charge in [-0.2, -0.15) is 5.26 Å². The van der Waals surface area contributed by atoms with Crippen molar-refractivity contribution >= 4 is 18.4 Å². The third-order valence-electron chi connectivity index (χ3n) is 2.65. The van der Waals surface area contributed by atoms with E-state index in [1.807, 2.05) is 30.3 Å². The van der Waals surface area contributed by atoms with Crippen LogP contribution in [-0.2, 0) is 16.1 Å². The van der Waals surface area contributed by atoms with Crippen molar-refractivity contribution in [2.24, 2.45) is 5.73 Å². The maximum atomic E-state index is 11.6. The number of nitriles is 1. The van der Waals surface area contributed by atoms with Crippen LogP contribution in [0.5, 0.6) is 0 Å². The normalized spacial score (nSPS) is 10.9. The molecule has 2 N–H and O–H groups in total. The highest BCUT2D eigenvalue weighted by atomic mass is 35.5. The molecule has 0 aromatic heterocycles. The molecule has 0 saturated heterocycles. The Balaban J connectivity index is 0.00000289. The fourth-order valence-corrected chi connectivity index (χ4v) is 1.66. The number of nitrogens with two attached hydrogens (primary N) is 1. The monoisotopic (exact) mass is 268 g/mol. The van der Waals surface area contributed by atoms with E-state index in [0.29, 0.717) is 19.4 Å². The largest absolute Gasteiger partial charge is 0.469 e. The molecule has 98 valence electrons. The number of methoxy groups -OCH3 is 1. The van der Waals surface area contributed by atoms with Gasteiger partial charge >= 0.3 is 5.97 Å². The predicted molar refractivity (Wildman–Crippen MR) is 71.2 cm³/mol. The summed E-state index contributed by atoms with van der Waals surface area (Å²) in [4.78, 5) is 11.6. The van der Waals surface area contributed by atoms with Gasteiger partial charge < -0.3 is 10.5 Å². The van der Waals surface area contributed by atoms with E-state index in [1.54, 1.807) is 0 Å². The molecule has 5 heteroatoms. The smallest absolute Gasteiger partial charge is 0.313 e. The van der Waals surface area contributed by atoms with E-state index in [9.17, 15) is 4.79 Å². The summed E-state index contributed by atoms with van der Waals surface area (Å²) in [5, 5.41) is 8.58. The lowest BCUT2D eigenvalue weighted by Gasteiger charge is -2.13. The number of carbonyl (C=O) groups is 1. The first-order valence-corrected chi connectivity index (χ1v) is 5.46. The van der Waals surface area contributed by atoms with E-state index in [2.05, 4.69) is 0 Å². The average Bonchev–Trinajstić information content (AvgIpc) is 2.39. The molecule has 1 aromatic rings. The highest BCUT2D eigenvalue weighted by molar-refractivity contribution is 5.85. The molecule has 0 aliphatic rings. The number of hydrogen-bond donors (Lipinski definition) is 1. The van der Waals surface area contributed by atoms with Gasteiger partial charge in [0.1, 0.15) is 0 Å². The minimum atomic E-state index is -0.369. The Morgan fingerprint density at radius 1 is 1.44 bits per heavy atom. The van der Waals surface area contributed by atoms with Crippen LogP contribution in [0.3, 0.4) is 0 Å². The van der Waals surface area contributed by atoms with Gasteiger partial charge in [0.05, 0.1) is 19.1 Å². The van der Waals surface area contributed by atoms with Crippen molar-refractivity contribution in [2.75, 3.05) is 7.11 Å². The van der Waals surface area contributed by atoms with Crippen LogP contribution in [0.15, 0.2) is 24.3 Å². The molecule has 1 rings (SSSR count). The number of carbonyl (C=O) groups excluding carboxylic acids is 1. The van der Waals surface area contributed by atoms with Crippen LogP contribution in [0.2, 0.25) is 0 Å². The van der Waals surface area contributed by atoms with Gasteiger partial charge in [-0.1, -0.05) is 24.3 Å². The molecule has 0 fully saturated rings. The first-order chi connectivity index (χ1) is 8.22. The van der Waals surface area contributed by atoms with Crippen LogP contribution in [0.25, 0.3) is 0 Å². The highest BCUT2D eigenvalue weighted by Gasteiger charge is 2.20. The fourth-order valence-electron chi connectivity index (χ4n) is 1.66. The topological polar surface area (TPSA) is 76.1 Å². The van der Waals surface area contributed by atoms with Crippen LogP contribution >= 0.6 is 12.4 Å². The van der Waals surface area contributed by atoms with E-state index in [0.717, 1.165) is 11.1 Å². The van der Waals surface area contributed by atoms with Gasteiger partial charge in [-0.15, -0.1) is 12.4 Å². The first kappa shape index (κ1) is 16.4.